The van der Waals surface area contributed by atoms with E-state index in [1.54, 1.807) is 24.3 Å². The standard InChI is InChI=1S/C21H20N2O5S/c1-12-6-4-5-7-15(12)22-21-23-19(24)18(29-21)11-14-8-9-16(17(10-14)27-3)28-13(2)20(25)26/h4-11,13H,1-3H3,(H,25,26)(H,22,23,24)/b18-11-. The first-order valence-corrected chi connectivity index (χ1v) is 9.61. The van der Waals surface area contributed by atoms with E-state index in [1.807, 2.05) is 31.2 Å². The van der Waals surface area contributed by atoms with E-state index >= 15 is 0 Å². The van der Waals surface area contributed by atoms with Gasteiger partial charge in [0.05, 0.1) is 17.7 Å². The molecule has 0 spiro atoms. The number of para-hydroxylation sites is 1. The first-order chi connectivity index (χ1) is 13.9. The molecule has 0 bridgehead atoms. The summed E-state index contributed by atoms with van der Waals surface area (Å²) in [6.45, 7) is 3.39. The van der Waals surface area contributed by atoms with Crippen molar-refractivity contribution in [2.75, 3.05) is 7.11 Å². The van der Waals surface area contributed by atoms with Crippen LogP contribution >= 0.6 is 11.8 Å². The molecule has 1 saturated heterocycles. The summed E-state index contributed by atoms with van der Waals surface area (Å²) in [5.74, 6) is -0.613. The van der Waals surface area contributed by atoms with Crippen LogP contribution in [0.1, 0.15) is 18.1 Å². The van der Waals surface area contributed by atoms with Gasteiger partial charge in [0.1, 0.15) is 0 Å². The monoisotopic (exact) mass is 412 g/mol. The molecule has 3 rings (SSSR count). The molecule has 150 valence electrons. The number of carbonyl (C=O) groups excluding carboxylic acids is 1. The van der Waals surface area contributed by atoms with Crippen molar-refractivity contribution in [2.24, 2.45) is 4.99 Å². The number of rotatable bonds is 6. The molecule has 1 unspecified atom stereocenters. The van der Waals surface area contributed by atoms with Crippen molar-refractivity contribution in [1.29, 1.82) is 0 Å². The fourth-order valence-electron chi connectivity index (χ4n) is 2.54. The Morgan fingerprint density at radius 1 is 1.24 bits per heavy atom. The quantitative estimate of drug-likeness (QED) is 0.702. The van der Waals surface area contributed by atoms with Gasteiger partial charge >= 0.3 is 5.97 Å². The number of amides is 1. The van der Waals surface area contributed by atoms with Gasteiger partial charge in [0.2, 0.25) is 0 Å². The number of hydrogen-bond donors (Lipinski definition) is 2. The van der Waals surface area contributed by atoms with Crippen LogP contribution in [0.3, 0.4) is 0 Å². The topological polar surface area (TPSA) is 97.2 Å². The molecule has 0 aliphatic carbocycles. The average Bonchev–Trinajstić information content (AvgIpc) is 3.03. The number of aliphatic carboxylic acids is 1. The van der Waals surface area contributed by atoms with E-state index in [1.165, 1.54) is 25.8 Å². The number of nitrogens with one attached hydrogen (secondary N) is 1. The lowest BCUT2D eigenvalue weighted by atomic mass is 10.2. The first-order valence-electron chi connectivity index (χ1n) is 8.80. The van der Waals surface area contributed by atoms with Gasteiger partial charge < -0.3 is 19.9 Å². The second kappa shape index (κ2) is 8.83. The Bertz CT molecular complexity index is 1020. The second-order valence-corrected chi connectivity index (χ2v) is 7.31. The normalized spacial score (nSPS) is 17.3. The minimum atomic E-state index is -1.07. The second-order valence-electron chi connectivity index (χ2n) is 6.28. The number of thioether (sulfide) groups is 1. The minimum absolute atomic E-state index is 0.235. The summed E-state index contributed by atoms with van der Waals surface area (Å²) >= 11 is 1.25. The van der Waals surface area contributed by atoms with Crippen molar-refractivity contribution in [3.8, 4) is 11.5 Å². The highest BCUT2D eigenvalue weighted by atomic mass is 32.2. The van der Waals surface area contributed by atoms with Gasteiger partial charge in [-0.3, -0.25) is 4.79 Å². The van der Waals surface area contributed by atoms with E-state index in [0.29, 0.717) is 27.1 Å². The Hall–Kier alpha value is -3.26. The molecule has 0 saturated carbocycles. The van der Waals surface area contributed by atoms with Gasteiger partial charge in [-0.1, -0.05) is 24.3 Å². The van der Waals surface area contributed by atoms with Crippen LogP contribution in [0.5, 0.6) is 11.5 Å². The molecule has 0 aromatic heterocycles. The summed E-state index contributed by atoms with van der Waals surface area (Å²) in [7, 11) is 1.47. The molecule has 1 aliphatic rings. The van der Waals surface area contributed by atoms with Gasteiger partial charge in [0, 0.05) is 0 Å². The van der Waals surface area contributed by atoms with Gasteiger partial charge in [0.15, 0.2) is 22.8 Å². The van der Waals surface area contributed by atoms with Crippen molar-refractivity contribution in [2.45, 2.75) is 20.0 Å². The number of carboxylic acid groups (broad SMARTS) is 1. The molecule has 2 N–H and O–H groups in total. The Morgan fingerprint density at radius 2 is 2.00 bits per heavy atom. The molecule has 1 aliphatic heterocycles. The summed E-state index contributed by atoms with van der Waals surface area (Å²) in [6.07, 6.45) is 0.706. The van der Waals surface area contributed by atoms with Crippen molar-refractivity contribution < 1.29 is 24.2 Å². The zero-order valence-electron chi connectivity index (χ0n) is 16.1. The predicted octanol–water partition coefficient (Wildman–Crippen LogP) is 3.75. The number of hydrogen-bond acceptors (Lipinski definition) is 6. The van der Waals surface area contributed by atoms with E-state index in [0.717, 1.165) is 11.3 Å². The Kier molecular flexibility index (Phi) is 6.23. The molecule has 1 heterocycles. The highest BCUT2D eigenvalue weighted by molar-refractivity contribution is 8.18. The maximum Gasteiger partial charge on any atom is 0.344 e. The fourth-order valence-corrected chi connectivity index (χ4v) is 3.38. The predicted molar refractivity (Wildman–Crippen MR) is 113 cm³/mol. The van der Waals surface area contributed by atoms with Gasteiger partial charge in [-0.05, 0) is 61.0 Å². The number of nitrogens with zero attached hydrogens (tertiary/aromatic N) is 1. The third-order valence-corrected chi connectivity index (χ3v) is 5.04. The highest BCUT2D eigenvalue weighted by Gasteiger charge is 2.24. The molecular weight excluding hydrogens is 392 g/mol. The maximum absolute atomic E-state index is 12.3. The van der Waals surface area contributed by atoms with Gasteiger partial charge in [-0.2, -0.15) is 0 Å². The van der Waals surface area contributed by atoms with E-state index in [9.17, 15) is 9.59 Å². The smallest absolute Gasteiger partial charge is 0.344 e. The number of carboxylic acids is 1. The SMILES string of the molecule is COc1cc(/C=C2\SC(=Nc3ccccc3C)NC2=O)ccc1OC(C)C(=O)O. The molecule has 1 atom stereocenters. The first kappa shape index (κ1) is 20.5. The number of methoxy groups -OCH3 is 1. The summed E-state index contributed by atoms with van der Waals surface area (Å²) < 4.78 is 10.7. The summed E-state index contributed by atoms with van der Waals surface area (Å²) in [6, 6.07) is 12.7. The Labute approximate surface area is 172 Å². The van der Waals surface area contributed by atoms with Crippen LogP contribution in [-0.2, 0) is 9.59 Å². The van der Waals surface area contributed by atoms with E-state index in [4.69, 9.17) is 14.6 Å². The Balaban J connectivity index is 1.82. The van der Waals surface area contributed by atoms with Crippen LogP contribution in [0.25, 0.3) is 6.08 Å². The van der Waals surface area contributed by atoms with E-state index in [-0.39, 0.29) is 5.91 Å². The number of amidine groups is 1. The molecule has 0 radical (unpaired) electrons. The zero-order chi connectivity index (χ0) is 21.0. The van der Waals surface area contributed by atoms with Crippen LogP contribution in [0, 0.1) is 6.92 Å². The average molecular weight is 412 g/mol. The molecule has 2 aromatic carbocycles. The van der Waals surface area contributed by atoms with Crippen molar-refractivity contribution in [3.05, 3.63) is 58.5 Å². The third-order valence-electron chi connectivity index (χ3n) is 4.13. The van der Waals surface area contributed by atoms with Gasteiger partial charge in [0.25, 0.3) is 5.91 Å². The lowest BCUT2D eigenvalue weighted by molar-refractivity contribution is -0.144. The lowest BCUT2D eigenvalue weighted by Crippen LogP contribution is -2.23. The van der Waals surface area contributed by atoms with Crippen molar-refractivity contribution in [3.63, 3.8) is 0 Å². The molecule has 1 amide bonds. The van der Waals surface area contributed by atoms with Gasteiger partial charge in [-0.25, -0.2) is 9.79 Å². The van der Waals surface area contributed by atoms with E-state index in [2.05, 4.69) is 10.3 Å². The largest absolute Gasteiger partial charge is 0.493 e. The van der Waals surface area contributed by atoms with Crippen LogP contribution in [-0.4, -0.2) is 35.4 Å². The van der Waals surface area contributed by atoms with E-state index < -0.39 is 12.1 Å². The zero-order valence-corrected chi connectivity index (χ0v) is 16.9. The van der Waals surface area contributed by atoms with Crippen LogP contribution in [0.4, 0.5) is 5.69 Å². The van der Waals surface area contributed by atoms with Gasteiger partial charge in [-0.15, -0.1) is 0 Å². The minimum Gasteiger partial charge on any atom is -0.493 e. The summed E-state index contributed by atoms with van der Waals surface area (Å²) in [5.41, 5.74) is 2.53. The summed E-state index contributed by atoms with van der Waals surface area (Å²) in [5, 5.41) is 12.3. The van der Waals surface area contributed by atoms with Crippen molar-refractivity contribution >= 4 is 40.6 Å². The number of benzene rings is 2. The molecular formula is C21H20N2O5S. The number of carbonyl (C=O) groups is 2. The number of aliphatic imine (C=N–C) groups is 1. The highest BCUT2D eigenvalue weighted by Crippen LogP contribution is 2.33. The lowest BCUT2D eigenvalue weighted by Gasteiger charge is -2.14. The summed E-state index contributed by atoms with van der Waals surface area (Å²) in [4.78, 5) is 28.3. The molecule has 8 heteroatoms. The number of aryl methyl sites for hydroxylation is 1. The Morgan fingerprint density at radius 3 is 2.69 bits per heavy atom. The third kappa shape index (κ3) is 4.97. The molecule has 2 aromatic rings. The number of ether oxygens (including phenoxy) is 2. The van der Waals surface area contributed by atoms with Crippen LogP contribution in [0.15, 0.2) is 52.4 Å². The molecule has 29 heavy (non-hydrogen) atoms. The van der Waals surface area contributed by atoms with Crippen LogP contribution < -0.4 is 14.8 Å². The molecule has 1 fully saturated rings. The maximum atomic E-state index is 12.3. The fraction of sp³-hybridized carbons (Fsp3) is 0.190. The molecule has 7 nitrogen and oxygen atoms in total. The van der Waals surface area contributed by atoms with Crippen LogP contribution in [0.2, 0.25) is 0 Å². The van der Waals surface area contributed by atoms with Crippen molar-refractivity contribution in [1.82, 2.24) is 5.32 Å².